The zero-order valence-electron chi connectivity index (χ0n) is 30.8. The van der Waals surface area contributed by atoms with Crippen LogP contribution in [0.3, 0.4) is 0 Å². The molecule has 2 aromatic heterocycles. The van der Waals surface area contributed by atoms with Crippen molar-refractivity contribution < 1.29 is 0 Å². The van der Waals surface area contributed by atoms with Crippen LogP contribution in [0.5, 0.6) is 0 Å². The Labute approximate surface area is 334 Å². The minimum Gasteiger partial charge on any atom is -0.208 e. The van der Waals surface area contributed by atoms with Crippen LogP contribution in [0.4, 0.5) is 0 Å². The van der Waals surface area contributed by atoms with Gasteiger partial charge in [-0.1, -0.05) is 188 Å². The SMILES string of the molecule is c1ccc(-c2ccc(-c3nc(-c4ccc5c(ccc6ccccc65)c4)nc(-c4cccc5sc6c(-c7ccc(-c8ccccc8)cc7)cccc6c45)n3)cc2)cc1. The van der Waals surface area contributed by atoms with Crippen LogP contribution in [0.15, 0.2) is 200 Å². The molecule has 2 heterocycles. The lowest BCUT2D eigenvalue weighted by molar-refractivity contribution is 1.08. The molecule has 3 nitrogen and oxygen atoms in total. The van der Waals surface area contributed by atoms with Crippen molar-refractivity contribution in [1.29, 1.82) is 0 Å². The highest BCUT2D eigenvalue weighted by Crippen LogP contribution is 2.44. The number of benzene rings is 9. The normalized spacial score (nSPS) is 11.5. The molecule has 0 spiro atoms. The molecule has 0 aliphatic rings. The van der Waals surface area contributed by atoms with Crippen molar-refractivity contribution in [2.24, 2.45) is 0 Å². The molecule has 0 saturated heterocycles. The van der Waals surface area contributed by atoms with Crippen LogP contribution in [0.2, 0.25) is 0 Å². The molecule has 57 heavy (non-hydrogen) atoms. The number of nitrogens with zero attached hydrogens (tertiary/aromatic N) is 3. The van der Waals surface area contributed by atoms with E-state index in [1.807, 2.05) is 17.4 Å². The first-order valence-corrected chi connectivity index (χ1v) is 20.0. The van der Waals surface area contributed by atoms with Crippen molar-refractivity contribution >= 4 is 53.1 Å². The third-order valence-corrected chi connectivity index (χ3v) is 12.2. The molecular weight excluding hydrogens is 711 g/mol. The van der Waals surface area contributed by atoms with Crippen molar-refractivity contribution in [3.05, 3.63) is 200 Å². The van der Waals surface area contributed by atoms with E-state index in [1.54, 1.807) is 0 Å². The van der Waals surface area contributed by atoms with Gasteiger partial charge in [-0.15, -0.1) is 11.3 Å². The molecule has 4 heteroatoms. The predicted molar refractivity (Wildman–Crippen MR) is 240 cm³/mol. The highest BCUT2D eigenvalue weighted by Gasteiger charge is 2.19. The summed E-state index contributed by atoms with van der Waals surface area (Å²) in [6.45, 7) is 0. The van der Waals surface area contributed by atoms with Gasteiger partial charge in [0.2, 0.25) is 0 Å². The van der Waals surface area contributed by atoms with Gasteiger partial charge in [0.25, 0.3) is 0 Å². The summed E-state index contributed by atoms with van der Waals surface area (Å²) in [5, 5.41) is 7.18. The summed E-state index contributed by atoms with van der Waals surface area (Å²) in [4.78, 5) is 15.7. The number of rotatable bonds is 6. The fourth-order valence-electron chi connectivity index (χ4n) is 8.08. The number of hydrogen-bond donors (Lipinski definition) is 0. The molecule has 0 atom stereocenters. The van der Waals surface area contributed by atoms with E-state index in [0.717, 1.165) is 33.0 Å². The fraction of sp³-hybridized carbons (Fsp3) is 0. The van der Waals surface area contributed by atoms with Gasteiger partial charge in [0.05, 0.1) is 0 Å². The molecule has 0 aliphatic heterocycles. The number of hydrogen-bond acceptors (Lipinski definition) is 4. The summed E-state index contributed by atoms with van der Waals surface area (Å²) >= 11 is 1.82. The Kier molecular flexibility index (Phi) is 8.01. The van der Waals surface area contributed by atoms with Crippen LogP contribution >= 0.6 is 11.3 Å². The highest BCUT2D eigenvalue weighted by molar-refractivity contribution is 7.26. The predicted octanol–water partition coefficient (Wildman–Crippen LogP) is 14.5. The number of fused-ring (bicyclic) bond motifs is 6. The summed E-state index contributed by atoms with van der Waals surface area (Å²) in [5.74, 6) is 1.94. The molecule has 0 aliphatic carbocycles. The average Bonchev–Trinajstić information content (AvgIpc) is 3.69. The summed E-state index contributed by atoms with van der Waals surface area (Å²) in [7, 11) is 0. The number of thiophene rings is 1. The Morgan fingerprint density at radius 2 is 0.807 bits per heavy atom. The van der Waals surface area contributed by atoms with Gasteiger partial charge >= 0.3 is 0 Å². The second-order valence-corrected chi connectivity index (χ2v) is 15.4. The average molecular weight is 744 g/mol. The maximum absolute atomic E-state index is 5.27. The molecule has 0 bridgehead atoms. The zero-order chi connectivity index (χ0) is 37.7. The molecule has 11 rings (SSSR count). The van der Waals surface area contributed by atoms with Gasteiger partial charge in [-0.05, 0) is 67.1 Å². The van der Waals surface area contributed by atoms with Gasteiger partial charge < -0.3 is 0 Å². The van der Waals surface area contributed by atoms with E-state index in [-0.39, 0.29) is 0 Å². The molecule has 0 radical (unpaired) electrons. The van der Waals surface area contributed by atoms with Crippen molar-refractivity contribution in [2.75, 3.05) is 0 Å². The fourth-order valence-corrected chi connectivity index (χ4v) is 9.35. The van der Waals surface area contributed by atoms with Crippen LogP contribution in [0, 0.1) is 0 Å². The summed E-state index contributed by atoms with van der Waals surface area (Å²) < 4.78 is 2.45. The monoisotopic (exact) mass is 743 g/mol. The van der Waals surface area contributed by atoms with Crippen LogP contribution in [0.1, 0.15) is 0 Å². The number of aromatic nitrogens is 3. The van der Waals surface area contributed by atoms with Gasteiger partial charge in [0.15, 0.2) is 17.5 Å². The van der Waals surface area contributed by atoms with Crippen LogP contribution in [0.25, 0.3) is 109 Å². The quantitative estimate of drug-likeness (QED) is 0.159. The van der Waals surface area contributed by atoms with E-state index in [0.29, 0.717) is 17.5 Å². The largest absolute Gasteiger partial charge is 0.208 e. The van der Waals surface area contributed by atoms with Crippen molar-refractivity contribution in [3.63, 3.8) is 0 Å². The molecule has 0 amide bonds. The van der Waals surface area contributed by atoms with E-state index in [4.69, 9.17) is 15.0 Å². The van der Waals surface area contributed by atoms with Gasteiger partial charge in [-0.2, -0.15) is 0 Å². The van der Waals surface area contributed by atoms with E-state index < -0.39 is 0 Å². The summed E-state index contributed by atoms with van der Waals surface area (Å²) in [6.07, 6.45) is 0. The first-order chi connectivity index (χ1) is 28.2. The molecule has 0 saturated carbocycles. The Balaban J connectivity index is 1.07. The molecule has 11 aromatic rings. The summed E-state index contributed by atoms with van der Waals surface area (Å²) in [5.41, 5.74) is 10.0. The van der Waals surface area contributed by atoms with E-state index in [2.05, 4.69) is 194 Å². The lowest BCUT2D eigenvalue weighted by Gasteiger charge is -2.11. The third-order valence-electron chi connectivity index (χ3n) is 11.0. The Bertz CT molecular complexity index is 3260. The van der Waals surface area contributed by atoms with Crippen molar-refractivity contribution in [2.45, 2.75) is 0 Å². The molecule has 0 fully saturated rings. The summed E-state index contributed by atoms with van der Waals surface area (Å²) in [6, 6.07) is 71.0. The first-order valence-electron chi connectivity index (χ1n) is 19.2. The Morgan fingerprint density at radius 1 is 0.298 bits per heavy atom. The Hall–Kier alpha value is -7.27. The molecule has 0 unspecified atom stereocenters. The maximum Gasteiger partial charge on any atom is 0.164 e. The minimum absolute atomic E-state index is 0.643. The van der Waals surface area contributed by atoms with Gasteiger partial charge in [0, 0.05) is 36.9 Å². The van der Waals surface area contributed by atoms with Crippen molar-refractivity contribution in [1.82, 2.24) is 15.0 Å². The lowest BCUT2D eigenvalue weighted by atomic mass is 9.98. The smallest absolute Gasteiger partial charge is 0.164 e. The second-order valence-electron chi connectivity index (χ2n) is 14.4. The Morgan fingerprint density at radius 3 is 1.54 bits per heavy atom. The van der Waals surface area contributed by atoms with Crippen LogP contribution < -0.4 is 0 Å². The standard InChI is InChI=1S/C53H33N3S/c1-3-11-34(12-4-1)36-21-25-39(26-22-36)45-17-9-18-46-49-47(19-10-20-48(49)57-50(45)46)53-55-51(40-28-23-37(24-29-40)35-13-5-2-6-14-35)54-52(56-53)42-31-32-44-41(33-42)30-27-38-15-7-8-16-43(38)44/h1-33H. The van der Waals surface area contributed by atoms with Gasteiger partial charge in [-0.3, -0.25) is 0 Å². The maximum atomic E-state index is 5.27. The highest BCUT2D eigenvalue weighted by atomic mass is 32.1. The first kappa shape index (κ1) is 33.1. The van der Waals surface area contributed by atoms with Gasteiger partial charge in [-0.25, -0.2) is 15.0 Å². The van der Waals surface area contributed by atoms with Gasteiger partial charge in [0.1, 0.15) is 0 Å². The minimum atomic E-state index is 0.643. The van der Waals surface area contributed by atoms with Crippen molar-refractivity contribution in [3.8, 4) is 67.5 Å². The molecular formula is C53H33N3S. The van der Waals surface area contributed by atoms with Crippen LogP contribution in [-0.2, 0) is 0 Å². The van der Waals surface area contributed by atoms with E-state index in [1.165, 1.54) is 58.8 Å². The molecule has 0 N–H and O–H groups in total. The molecule has 266 valence electrons. The van der Waals surface area contributed by atoms with E-state index in [9.17, 15) is 0 Å². The zero-order valence-corrected chi connectivity index (χ0v) is 31.6. The molecule has 9 aromatic carbocycles. The second kappa shape index (κ2) is 13.8. The topological polar surface area (TPSA) is 38.7 Å². The van der Waals surface area contributed by atoms with Crippen LogP contribution in [-0.4, -0.2) is 15.0 Å². The third kappa shape index (κ3) is 5.95. The lowest BCUT2D eigenvalue weighted by Crippen LogP contribution is -2.00. The van der Waals surface area contributed by atoms with E-state index >= 15 is 0 Å².